The van der Waals surface area contributed by atoms with Gasteiger partial charge >= 0.3 is 0 Å². The summed E-state index contributed by atoms with van der Waals surface area (Å²) in [7, 11) is -3.16. The van der Waals surface area contributed by atoms with E-state index in [2.05, 4.69) is 4.98 Å². The van der Waals surface area contributed by atoms with Gasteiger partial charge in [0.15, 0.2) is 9.84 Å². The molecule has 0 unspecified atom stereocenters. The summed E-state index contributed by atoms with van der Waals surface area (Å²) < 4.78 is 24.3. The van der Waals surface area contributed by atoms with E-state index in [0.717, 1.165) is 11.8 Å². The Morgan fingerprint density at radius 2 is 1.93 bits per heavy atom. The molecule has 0 saturated carbocycles. The summed E-state index contributed by atoms with van der Waals surface area (Å²) in [5, 5.41) is 8.99. The highest BCUT2D eigenvalue weighted by molar-refractivity contribution is 7.89. The number of hydrogen-bond donors (Lipinski definition) is 2. The molecule has 3 rings (SSSR count). The molecule has 3 aromatic rings. The average molecular weight is 387 g/mol. The standard InChI is InChI=1S/C18H17N3O5S/c1-27(25,26)10-13-4-2-3-12(7-13)9-21-11-19-16-6-5-14(17(22)20-24)8-15(16)18(21)23/h2-8,11,24H,9-10H2,1H3,(H,20,22). The summed E-state index contributed by atoms with van der Waals surface area (Å²) in [6.45, 7) is 0.204. The van der Waals surface area contributed by atoms with Crippen LogP contribution in [-0.2, 0) is 22.1 Å². The maximum atomic E-state index is 12.7. The second kappa shape index (κ2) is 7.29. The third-order valence-electron chi connectivity index (χ3n) is 3.96. The Bertz CT molecular complexity index is 1190. The van der Waals surface area contributed by atoms with Gasteiger partial charge in [0.1, 0.15) is 0 Å². The minimum Gasteiger partial charge on any atom is -0.294 e. The van der Waals surface area contributed by atoms with Gasteiger partial charge in [0.05, 0.1) is 29.5 Å². The Labute approximate surface area is 155 Å². The van der Waals surface area contributed by atoms with Gasteiger partial charge in [-0.25, -0.2) is 18.9 Å². The molecule has 0 saturated heterocycles. The molecule has 2 aromatic carbocycles. The number of nitrogens with one attached hydrogen (secondary N) is 1. The van der Waals surface area contributed by atoms with E-state index in [9.17, 15) is 18.0 Å². The minimum absolute atomic E-state index is 0.0780. The third-order valence-corrected chi connectivity index (χ3v) is 4.82. The Morgan fingerprint density at radius 3 is 2.63 bits per heavy atom. The number of carbonyl (C=O) groups excluding carboxylic acids is 1. The summed E-state index contributed by atoms with van der Waals surface area (Å²) in [5.74, 6) is -0.800. The first-order chi connectivity index (χ1) is 12.8. The fourth-order valence-corrected chi connectivity index (χ4v) is 3.58. The molecule has 8 nitrogen and oxygen atoms in total. The molecule has 1 aromatic heterocycles. The first-order valence-corrected chi connectivity index (χ1v) is 10.0. The summed E-state index contributed by atoms with van der Waals surface area (Å²) >= 11 is 0. The van der Waals surface area contributed by atoms with Crippen LogP contribution in [0.3, 0.4) is 0 Å². The molecule has 1 amide bonds. The van der Waals surface area contributed by atoms with Crippen molar-refractivity contribution in [3.8, 4) is 0 Å². The molecule has 27 heavy (non-hydrogen) atoms. The Balaban J connectivity index is 1.98. The van der Waals surface area contributed by atoms with Crippen molar-refractivity contribution in [1.29, 1.82) is 0 Å². The SMILES string of the molecule is CS(=O)(=O)Cc1cccc(Cn2cnc3ccc(C(=O)NO)cc3c2=O)c1. The molecule has 2 N–H and O–H groups in total. The van der Waals surface area contributed by atoms with Crippen LogP contribution >= 0.6 is 0 Å². The van der Waals surface area contributed by atoms with Crippen molar-refractivity contribution in [3.63, 3.8) is 0 Å². The van der Waals surface area contributed by atoms with Gasteiger partial charge in [0.25, 0.3) is 11.5 Å². The molecular weight excluding hydrogens is 370 g/mol. The van der Waals surface area contributed by atoms with Crippen molar-refractivity contribution in [2.45, 2.75) is 12.3 Å². The van der Waals surface area contributed by atoms with Crippen molar-refractivity contribution >= 4 is 26.6 Å². The molecule has 0 radical (unpaired) electrons. The van der Waals surface area contributed by atoms with Crippen molar-refractivity contribution in [3.05, 3.63) is 75.8 Å². The summed E-state index contributed by atoms with van der Waals surface area (Å²) in [6, 6.07) is 11.3. The molecule has 0 fully saturated rings. The summed E-state index contributed by atoms with van der Waals surface area (Å²) in [4.78, 5) is 28.5. The molecule has 0 aliphatic heterocycles. The van der Waals surface area contributed by atoms with Gasteiger partial charge in [-0.3, -0.25) is 19.4 Å². The topological polar surface area (TPSA) is 118 Å². The van der Waals surface area contributed by atoms with E-state index >= 15 is 0 Å². The van der Waals surface area contributed by atoms with Gasteiger partial charge in [-0.2, -0.15) is 0 Å². The maximum Gasteiger partial charge on any atom is 0.274 e. The molecule has 0 spiro atoms. The zero-order chi connectivity index (χ0) is 19.6. The summed E-state index contributed by atoms with van der Waals surface area (Å²) in [6.07, 6.45) is 2.57. The Kier molecular flexibility index (Phi) is 5.06. The number of aromatic nitrogens is 2. The van der Waals surface area contributed by atoms with Crippen LogP contribution in [0.2, 0.25) is 0 Å². The fourth-order valence-electron chi connectivity index (χ4n) is 2.79. The number of sulfone groups is 1. The van der Waals surface area contributed by atoms with Crippen LogP contribution < -0.4 is 11.0 Å². The lowest BCUT2D eigenvalue weighted by atomic mass is 10.1. The number of hydrogen-bond acceptors (Lipinski definition) is 6. The first-order valence-electron chi connectivity index (χ1n) is 7.96. The normalized spacial score (nSPS) is 11.5. The lowest BCUT2D eigenvalue weighted by Gasteiger charge is -2.09. The monoisotopic (exact) mass is 387 g/mol. The number of nitrogens with zero attached hydrogens (tertiary/aromatic N) is 2. The van der Waals surface area contributed by atoms with E-state index in [0.29, 0.717) is 11.1 Å². The molecule has 140 valence electrons. The van der Waals surface area contributed by atoms with Crippen molar-refractivity contribution in [2.24, 2.45) is 0 Å². The predicted octanol–water partition coefficient (Wildman–Crippen LogP) is 1.11. The van der Waals surface area contributed by atoms with Crippen molar-refractivity contribution < 1.29 is 18.4 Å². The van der Waals surface area contributed by atoms with Crippen LogP contribution in [0.1, 0.15) is 21.5 Å². The zero-order valence-electron chi connectivity index (χ0n) is 14.4. The first kappa shape index (κ1) is 18.7. The van der Waals surface area contributed by atoms with E-state index in [1.807, 2.05) is 0 Å². The van der Waals surface area contributed by atoms with Crippen LogP contribution in [0.5, 0.6) is 0 Å². The number of hydroxylamine groups is 1. The van der Waals surface area contributed by atoms with Crippen LogP contribution in [0.15, 0.2) is 53.6 Å². The van der Waals surface area contributed by atoms with Crippen molar-refractivity contribution in [2.75, 3.05) is 6.26 Å². The van der Waals surface area contributed by atoms with Crippen LogP contribution in [0.4, 0.5) is 0 Å². The van der Waals surface area contributed by atoms with Crippen LogP contribution in [0.25, 0.3) is 10.9 Å². The van der Waals surface area contributed by atoms with Gasteiger partial charge in [-0.15, -0.1) is 0 Å². The van der Waals surface area contributed by atoms with Gasteiger partial charge < -0.3 is 0 Å². The lowest BCUT2D eigenvalue weighted by molar-refractivity contribution is 0.0706. The van der Waals surface area contributed by atoms with Gasteiger partial charge in [-0.05, 0) is 29.3 Å². The molecule has 1 heterocycles. The van der Waals surface area contributed by atoms with Gasteiger partial charge in [-0.1, -0.05) is 24.3 Å². The molecule has 9 heteroatoms. The highest BCUT2D eigenvalue weighted by Crippen LogP contribution is 2.12. The summed E-state index contributed by atoms with van der Waals surface area (Å²) in [5.41, 5.74) is 3.14. The fraction of sp³-hybridized carbons (Fsp3) is 0.167. The number of fused-ring (bicyclic) bond motifs is 1. The number of rotatable bonds is 5. The highest BCUT2D eigenvalue weighted by atomic mass is 32.2. The number of carbonyl (C=O) groups is 1. The average Bonchev–Trinajstić information content (AvgIpc) is 2.62. The highest BCUT2D eigenvalue weighted by Gasteiger charge is 2.10. The van der Waals surface area contributed by atoms with Crippen LogP contribution in [0, 0.1) is 0 Å². The van der Waals surface area contributed by atoms with E-state index < -0.39 is 15.7 Å². The van der Waals surface area contributed by atoms with Gasteiger partial charge in [0, 0.05) is 11.8 Å². The number of amides is 1. The van der Waals surface area contributed by atoms with Crippen LogP contribution in [-0.4, -0.2) is 35.3 Å². The predicted molar refractivity (Wildman–Crippen MR) is 99.3 cm³/mol. The number of benzene rings is 2. The van der Waals surface area contributed by atoms with E-state index in [1.165, 1.54) is 34.6 Å². The minimum atomic E-state index is -3.16. The molecular formula is C18H17N3O5S. The lowest BCUT2D eigenvalue weighted by Crippen LogP contribution is -2.23. The second-order valence-electron chi connectivity index (χ2n) is 6.24. The Morgan fingerprint density at radius 1 is 1.19 bits per heavy atom. The third kappa shape index (κ3) is 4.39. The smallest absolute Gasteiger partial charge is 0.274 e. The van der Waals surface area contributed by atoms with Crippen molar-refractivity contribution in [1.82, 2.24) is 15.0 Å². The Hall–Kier alpha value is -3.04. The second-order valence-corrected chi connectivity index (χ2v) is 8.38. The van der Waals surface area contributed by atoms with E-state index in [-0.39, 0.29) is 28.8 Å². The molecule has 0 atom stereocenters. The molecule has 0 aliphatic rings. The van der Waals surface area contributed by atoms with E-state index in [4.69, 9.17) is 5.21 Å². The molecule has 0 bridgehead atoms. The quantitative estimate of drug-likeness (QED) is 0.500. The molecule has 0 aliphatic carbocycles. The van der Waals surface area contributed by atoms with Gasteiger partial charge in [0.2, 0.25) is 0 Å². The largest absolute Gasteiger partial charge is 0.294 e. The van der Waals surface area contributed by atoms with E-state index in [1.54, 1.807) is 24.3 Å². The maximum absolute atomic E-state index is 12.7. The zero-order valence-corrected chi connectivity index (χ0v) is 15.2.